The Hall–Kier alpha value is -1.06. The molecule has 0 aliphatic heterocycles. The number of likely N-dealkylation sites (N-methyl/N-ethyl adjacent to an activating group) is 1. The maximum absolute atomic E-state index is 5.38. The highest BCUT2D eigenvalue weighted by atomic mass is 16.5. The maximum atomic E-state index is 5.38. The van der Waals surface area contributed by atoms with E-state index in [2.05, 4.69) is 24.0 Å². The van der Waals surface area contributed by atoms with Crippen molar-refractivity contribution in [3.05, 3.63) is 29.8 Å². The Bertz CT molecular complexity index is 315. The number of hydrogen-bond donors (Lipinski definition) is 0. The molecule has 0 saturated carbocycles. The van der Waals surface area contributed by atoms with E-state index in [0.29, 0.717) is 0 Å². The molecule has 0 aromatic heterocycles. The Kier molecular flexibility index (Phi) is 6.67. The van der Waals surface area contributed by atoms with Crippen molar-refractivity contribution in [2.45, 2.75) is 20.4 Å². The van der Waals surface area contributed by atoms with Gasteiger partial charge in [0.05, 0.1) is 13.7 Å². The Balaban J connectivity index is 2.48. The van der Waals surface area contributed by atoms with E-state index in [1.54, 1.807) is 7.11 Å². The number of benzene rings is 1. The van der Waals surface area contributed by atoms with E-state index >= 15 is 0 Å². The lowest BCUT2D eigenvalue weighted by molar-refractivity contribution is 0.113. The van der Waals surface area contributed by atoms with Crippen LogP contribution in [0.25, 0.3) is 0 Å². The van der Waals surface area contributed by atoms with E-state index in [0.717, 1.165) is 38.6 Å². The van der Waals surface area contributed by atoms with Gasteiger partial charge < -0.3 is 9.47 Å². The molecule has 17 heavy (non-hydrogen) atoms. The van der Waals surface area contributed by atoms with Gasteiger partial charge in [0, 0.05) is 19.7 Å². The summed E-state index contributed by atoms with van der Waals surface area (Å²) in [4.78, 5) is 2.37. The van der Waals surface area contributed by atoms with Crippen molar-refractivity contribution in [1.29, 1.82) is 0 Å². The highest BCUT2D eigenvalue weighted by Gasteiger charge is 2.04. The third-order valence-electron chi connectivity index (χ3n) is 2.74. The quantitative estimate of drug-likeness (QED) is 0.649. The summed E-state index contributed by atoms with van der Waals surface area (Å²) >= 11 is 0. The van der Waals surface area contributed by atoms with E-state index in [9.17, 15) is 0 Å². The van der Waals surface area contributed by atoms with Crippen LogP contribution in [0.4, 0.5) is 0 Å². The van der Waals surface area contributed by atoms with Gasteiger partial charge in [-0.15, -0.1) is 0 Å². The zero-order valence-electron chi connectivity index (χ0n) is 11.1. The summed E-state index contributed by atoms with van der Waals surface area (Å²) < 4.78 is 10.6. The van der Waals surface area contributed by atoms with E-state index in [1.807, 2.05) is 19.1 Å². The third-order valence-corrected chi connectivity index (χ3v) is 2.74. The van der Waals surface area contributed by atoms with Crippen LogP contribution in [0.1, 0.15) is 19.4 Å². The molecule has 0 spiro atoms. The largest absolute Gasteiger partial charge is 0.497 e. The molecule has 0 N–H and O–H groups in total. The molecule has 0 radical (unpaired) electrons. The first kappa shape index (κ1) is 14.0. The zero-order chi connectivity index (χ0) is 12.5. The molecule has 1 rings (SSSR count). The fourth-order valence-electron chi connectivity index (χ4n) is 1.72. The van der Waals surface area contributed by atoms with Crippen LogP contribution in [0.3, 0.4) is 0 Å². The summed E-state index contributed by atoms with van der Waals surface area (Å²) in [5, 5.41) is 0. The minimum absolute atomic E-state index is 0.788. The maximum Gasteiger partial charge on any atom is 0.119 e. The van der Waals surface area contributed by atoms with Gasteiger partial charge in [0.15, 0.2) is 0 Å². The molecule has 1 aromatic carbocycles. The minimum atomic E-state index is 0.788. The first-order chi connectivity index (χ1) is 8.30. The van der Waals surface area contributed by atoms with Crippen molar-refractivity contribution in [2.75, 3.05) is 33.4 Å². The van der Waals surface area contributed by atoms with Crippen LogP contribution in [0.15, 0.2) is 24.3 Å². The average Bonchev–Trinajstić information content (AvgIpc) is 2.38. The second kappa shape index (κ2) is 8.09. The smallest absolute Gasteiger partial charge is 0.119 e. The van der Waals surface area contributed by atoms with Gasteiger partial charge in [-0.2, -0.15) is 0 Å². The Morgan fingerprint density at radius 2 is 2.06 bits per heavy atom. The van der Waals surface area contributed by atoms with Crippen molar-refractivity contribution < 1.29 is 9.47 Å². The van der Waals surface area contributed by atoms with Gasteiger partial charge in [-0.05, 0) is 31.2 Å². The molecule has 3 nitrogen and oxygen atoms in total. The van der Waals surface area contributed by atoms with Crippen LogP contribution in [-0.2, 0) is 11.3 Å². The molecular weight excluding hydrogens is 214 g/mol. The van der Waals surface area contributed by atoms with Crippen molar-refractivity contribution in [1.82, 2.24) is 4.90 Å². The fraction of sp³-hybridized carbons (Fsp3) is 0.571. The molecule has 0 saturated heterocycles. The summed E-state index contributed by atoms with van der Waals surface area (Å²) in [6, 6.07) is 8.22. The van der Waals surface area contributed by atoms with Crippen LogP contribution in [0, 0.1) is 0 Å². The van der Waals surface area contributed by atoms with Crippen molar-refractivity contribution >= 4 is 0 Å². The predicted octanol–water partition coefficient (Wildman–Crippen LogP) is 2.55. The highest BCUT2D eigenvalue weighted by Crippen LogP contribution is 2.14. The van der Waals surface area contributed by atoms with Crippen LogP contribution in [-0.4, -0.2) is 38.3 Å². The van der Waals surface area contributed by atoms with Gasteiger partial charge in [0.1, 0.15) is 5.75 Å². The molecule has 0 atom stereocenters. The van der Waals surface area contributed by atoms with E-state index in [4.69, 9.17) is 9.47 Å². The lowest BCUT2D eigenvalue weighted by Crippen LogP contribution is -2.27. The van der Waals surface area contributed by atoms with Crippen molar-refractivity contribution in [2.24, 2.45) is 0 Å². The minimum Gasteiger partial charge on any atom is -0.497 e. The molecule has 0 unspecified atom stereocenters. The normalized spacial score (nSPS) is 10.8. The number of nitrogens with zero attached hydrogens (tertiary/aromatic N) is 1. The zero-order valence-corrected chi connectivity index (χ0v) is 11.1. The summed E-state index contributed by atoms with van der Waals surface area (Å²) in [5.41, 5.74) is 1.28. The molecule has 0 amide bonds. The van der Waals surface area contributed by atoms with E-state index < -0.39 is 0 Å². The first-order valence-electron chi connectivity index (χ1n) is 6.23. The summed E-state index contributed by atoms with van der Waals surface area (Å²) in [7, 11) is 1.70. The molecule has 1 aromatic rings. The van der Waals surface area contributed by atoms with Crippen LogP contribution in [0.2, 0.25) is 0 Å². The van der Waals surface area contributed by atoms with Crippen molar-refractivity contribution in [3.63, 3.8) is 0 Å². The molecule has 0 bridgehead atoms. The van der Waals surface area contributed by atoms with E-state index in [1.165, 1.54) is 5.56 Å². The second-order valence-electron chi connectivity index (χ2n) is 3.92. The van der Waals surface area contributed by atoms with Gasteiger partial charge in [0.25, 0.3) is 0 Å². The Morgan fingerprint density at radius 1 is 1.24 bits per heavy atom. The molecule has 0 heterocycles. The van der Waals surface area contributed by atoms with Gasteiger partial charge in [-0.1, -0.05) is 19.1 Å². The Labute approximate surface area is 104 Å². The number of rotatable bonds is 8. The van der Waals surface area contributed by atoms with Crippen molar-refractivity contribution in [3.8, 4) is 5.75 Å². The number of methoxy groups -OCH3 is 1. The standard InChI is InChI=1S/C14H23NO2/c1-4-15(9-10-17-5-2)12-13-7-6-8-14(11-13)16-3/h6-8,11H,4-5,9-10,12H2,1-3H3. The third kappa shape index (κ3) is 5.20. The highest BCUT2D eigenvalue weighted by molar-refractivity contribution is 5.28. The number of hydrogen-bond acceptors (Lipinski definition) is 3. The summed E-state index contributed by atoms with van der Waals surface area (Å²) in [6.45, 7) is 8.74. The predicted molar refractivity (Wildman–Crippen MR) is 70.4 cm³/mol. The molecule has 0 aliphatic rings. The second-order valence-corrected chi connectivity index (χ2v) is 3.92. The average molecular weight is 237 g/mol. The first-order valence-corrected chi connectivity index (χ1v) is 6.23. The molecular formula is C14H23NO2. The fourth-order valence-corrected chi connectivity index (χ4v) is 1.72. The van der Waals surface area contributed by atoms with Crippen LogP contribution >= 0.6 is 0 Å². The lowest BCUT2D eigenvalue weighted by atomic mass is 10.2. The van der Waals surface area contributed by atoms with Gasteiger partial charge in [-0.3, -0.25) is 4.90 Å². The van der Waals surface area contributed by atoms with Gasteiger partial charge in [0.2, 0.25) is 0 Å². The van der Waals surface area contributed by atoms with E-state index in [-0.39, 0.29) is 0 Å². The summed E-state index contributed by atoms with van der Waals surface area (Å²) in [6.07, 6.45) is 0. The summed E-state index contributed by atoms with van der Waals surface area (Å²) in [5.74, 6) is 0.920. The molecule has 0 aliphatic carbocycles. The topological polar surface area (TPSA) is 21.7 Å². The molecule has 0 fully saturated rings. The van der Waals surface area contributed by atoms with Crippen LogP contribution in [0.5, 0.6) is 5.75 Å². The molecule has 3 heteroatoms. The SMILES string of the molecule is CCOCCN(CC)Cc1cccc(OC)c1. The molecule has 96 valence electrons. The van der Waals surface area contributed by atoms with Gasteiger partial charge in [-0.25, -0.2) is 0 Å². The lowest BCUT2D eigenvalue weighted by Gasteiger charge is -2.20. The monoisotopic (exact) mass is 237 g/mol. The van der Waals surface area contributed by atoms with Crippen LogP contribution < -0.4 is 4.74 Å². The number of ether oxygens (including phenoxy) is 2. The Morgan fingerprint density at radius 3 is 2.71 bits per heavy atom. The van der Waals surface area contributed by atoms with Gasteiger partial charge >= 0.3 is 0 Å².